The number of rotatable bonds is 5. The first-order valence-electron chi connectivity index (χ1n) is 8.88. The number of carbonyl (C=O) groups excluding carboxylic acids is 1. The van der Waals surface area contributed by atoms with Crippen LogP contribution in [0.15, 0.2) is 47.1 Å². The summed E-state index contributed by atoms with van der Waals surface area (Å²) in [4.78, 5) is 15.3. The molecule has 0 spiro atoms. The minimum absolute atomic E-state index is 0.162. The quantitative estimate of drug-likeness (QED) is 0.698. The summed E-state index contributed by atoms with van der Waals surface area (Å²) in [5.74, 6) is 0.613. The van der Waals surface area contributed by atoms with E-state index in [0.717, 1.165) is 13.1 Å². The van der Waals surface area contributed by atoms with Gasteiger partial charge in [0.15, 0.2) is 5.78 Å². The van der Waals surface area contributed by atoms with Gasteiger partial charge in [-0.15, -0.1) is 0 Å². The molecule has 1 aliphatic rings. The van der Waals surface area contributed by atoms with Gasteiger partial charge in [0.05, 0.1) is 25.9 Å². The first kappa shape index (κ1) is 17.6. The fourth-order valence-electron chi connectivity index (χ4n) is 3.42. The number of carbonyl (C=O) groups is 1. The van der Waals surface area contributed by atoms with Gasteiger partial charge in [0.25, 0.3) is 0 Å². The van der Waals surface area contributed by atoms with Crippen molar-refractivity contribution in [2.75, 3.05) is 33.4 Å². The van der Waals surface area contributed by atoms with Crippen molar-refractivity contribution in [3.8, 4) is 11.5 Å². The topological polar surface area (TPSA) is 72.1 Å². The molecule has 3 aromatic rings. The fraction of sp³-hybridized carbons (Fsp3) is 0.286. The molecule has 4 rings (SSSR count). The Morgan fingerprint density at radius 2 is 2.04 bits per heavy atom. The number of nitrogens with zero attached hydrogens (tertiary/aromatic N) is 1. The van der Waals surface area contributed by atoms with E-state index in [-0.39, 0.29) is 11.5 Å². The smallest absolute Gasteiger partial charge is 0.197 e. The molecule has 1 saturated heterocycles. The van der Waals surface area contributed by atoms with Crippen molar-refractivity contribution in [2.24, 2.45) is 0 Å². The minimum Gasteiger partial charge on any atom is -0.508 e. The molecule has 0 bridgehead atoms. The molecule has 6 nitrogen and oxygen atoms in total. The van der Waals surface area contributed by atoms with Crippen LogP contribution in [0.5, 0.6) is 11.5 Å². The molecule has 6 heteroatoms. The van der Waals surface area contributed by atoms with Gasteiger partial charge >= 0.3 is 0 Å². The highest BCUT2D eigenvalue weighted by molar-refractivity contribution is 6.16. The Hall–Kier alpha value is -2.83. The van der Waals surface area contributed by atoms with Crippen LogP contribution in [0.25, 0.3) is 11.0 Å². The largest absolute Gasteiger partial charge is 0.508 e. The molecule has 0 aliphatic carbocycles. The summed E-state index contributed by atoms with van der Waals surface area (Å²) in [6, 6.07) is 10.3. The number of ether oxygens (including phenoxy) is 2. The highest BCUT2D eigenvalue weighted by atomic mass is 16.5. The van der Waals surface area contributed by atoms with Gasteiger partial charge in [0, 0.05) is 36.1 Å². The molecule has 1 aromatic heterocycles. The maximum Gasteiger partial charge on any atom is 0.197 e. The molecule has 2 aromatic carbocycles. The highest BCUT2D eigenvalue weighted by Crippen LogP contribution is 2.34. The van der Waals surface area contributed by atoms with Crippen LogP contribution in [0.3, 0.4) is 0 Å². The monoisotopic (exact) mass is 367 g/mol. The summed E-state index contributed by atoms with van der Waals surface area (Å²) in [5.41, 5.74) is 2.24. The number of hydrogen-bond acceptors (Lipinski definition) is 6. The normalized spacial score (nSPS) is 15.1. The molecule has 140 valence electrons. The van der Waals surface area contributed by atoms with Gasteiger partial charge < -0.3 is 19.0 Å². The van der Waals surface area contributed by atoms with Crippen molar-refractivity contribution >= 4 is 16.8 Å². The number of morpholine rings is 1. The van der Waals surface area contributed by atoms with Gasteiger partial charge in [-0.05, 0) is 24.3 Å². The van der Waals surface area contributed by atoms with E-state index < -0.39 is 0 Å². The Kier molecular flexibility index (Phi) is 4.83. The van der Waals surface area contributed by atoms with E-state index in [2.05, 4.69) is 4.90 Å². The van der Waals surface area contributed by atoms with Gasteiger partial charge in [0.1, 0.15) is 23.3 Å². The van der Waals surface area contributed by atoms with E-state index in [0.29, 0.717) is 53.2 Å². The van der Waals surface area contributed by atoms with Crippen LogP contribution in [0, 0.1) is 0 Å². The molecule has 1 fully saturated rings. The number of methoxy groups -OCH3 is 1. The number of fused-ring (bicyclic) bond motifs is 1. The summed E-state index contributed by atoms with van der Waals surface area (Å²) < 4.78 is 16.2. The summed E-state index contributed by atoms with van der Waals surface area (Å²) in [5, 5.41) is 11.1. The van der Waals surface area contributed by atoms with E-state index in [9.17, 15) is 9.90 Å². The van der Waals surface area contributed by atoms with Crippen LogP contribution in [-0.4, -0.2) is 49.2 Å². The lowest BCUT2D eigenvalue weighted by atomic mass is 9.98. The number of ketones is 1. The molecule has 27 heavy (non-hydrogen) atoms. The second-order valence-corrected chi connectivity index (χ2v) is 6.54. The van der Waals surface area contributed by atoms with Gasteiger partial charge in [-0.1, -0.05) is 12.1 Å². The Morgan fingerprint density at radius 3 is 2.81 bits per heavy atom. The maximum atomic E-state index is 13.1. The lowest BCUT2D eigenvalue weighted by molar-refractivity contribution is 0.0340. The van der Waals surface area contributed by atoms with Crippen molar-refractivity contribution in [3.05, 3.63) is 59.4 Å². The maximum absolute atomic E-state index is 13.1. The summed E-state index contributed by atoms with van der Waals surface area (Å²) >= 11 is 0. The Bertz CT molecular complexity index is 972. The molecular formula is C21H21NO5. The first-order valence-corrected chi connectivity index (χ1v) is 8.88. The predicted molar refractivity (Wildman–Crippen MR) is 100 cm³/mol. The number of furan rings is 1. The van der Waals surface area contributed by atoms with Gasteiger partial charge in [0.2, 0.25) is 0 Å². The third-order valence-corrected chi connectivity index (χ3v) is 4.89. The van der Waals surface area contributed by atoms with Crippen LogP contribution in [0.1, 0.15) is 21.5 Å². The lowest BCUT2D eigenvalue weighted by Gasteiger charge is -2.27. The molecule has 0 amide bonds. The van der Waals surface area contributed by atoms with E-state index >= 15 is 0 Å². The molecule has 0 radical (unpaired) electrons. The van der Waals surface area contributed by atoms with Gasteiger partial charge in [-0.2, -0.15) is 0 Å². The number of benzene rings is 2. The molecule has 0 saturated carbocycles. The zero-order chi connectivity index (χ0) is 18.8. The van der Waals surface area contributed by atoms with Gasteiger partial charge in [-0.25, -0.2) is 0 Å². The van der Waals surface area contributed by atoms with E-state index in [1.807, 2.05) is 0 Å². The third-order valence-electron chi connectivity index (χ3n) is 4.89. The number of hydrogen-bond donors (Lipinski definition) is 1. The molecule has 2 heterocycles. The average molecular weight is 367 g/mol. The van der Waals surface area contributed by atoms with Crippen molar-refractivity contribution < 1.29 is 23.8 Å². The highest BCUT2D eigenvalue weighted by Gasteiger charge is 2.22. The Labute approximate surface area is 156 Å². The van der Waals surface area contributed by atoms with Crippen LogP contribution < -0.4 is 4.74 Å². The number of phenolic OH excluding ortho intramolecular Hbond substituents is 1. The van der Waals surface area contributed by atoms with Crippen molar-refractivity contribution in [3.63, 3.8) is 0 Å². The third kappa shape index (κ3) is 3.41. The molecule has 0 atom stereocenters. The zero-order valence-corrected chi connectivity index (χ0v) is 15.1. The fourth-order valence-corrected chi connectivity index (χ4v) is 3.42. The summed E-state index contributed by atoms with van der Waals surface area (Å²) in [6.07, 6.45) is 1.47. The second kappa shape index (κ2) is 7.42. The molecule has 1 N–H and O–H groups in total. The van der Waals surface area contributed by atoms with E-state index in [4.69, 9.17) is 13.9 Å². The van der Waals surface area contributed by atoms with Gasteiger partial charge in [-0.3, -0.25) is 9.69 Å². The van der Waals surface area contributed by atoms with Crippen molar-refractivity contribution in [2.45, 2.75) is 6.54 Å². The molecule has 0 unspecified atom stereocenters. The van der Waals surface area contributed by atoms with E-state index in [1.165, 1.54) is 6.26 Å². The SMILES string of the molecule is COc1cccc(C(=O)c2coc3ccc(O)c(CN4CCOCC4)c23)c1. The number of phenols is 1. The summed E-state index contributed by atoms with van der Waals surface area (Å²) in [7, 11) is 1.56. The second-order valence-electron chi connectivity index (χ2n) is 6.54. The van der Waals surface area contributed by atoms with E-state index in [1.54, 1.807) is 43.5 Å². The minimum atomic E-state index is -0.165. The van der Waals surface area contributed by atoms with Crippen molar-refractivity contribution in [1.82, 2.24) is 4.90 Å². The lowest BCUT2D eigenvalue weighted by Crippen LogP contribution is -2.35. The molecule has 1 aliphatic heterocycles. The zero-order valence-electron chi connectivity index (χ0n) is 15.1. The van der Waals surface area contributed by atoms with Crippen LogP contribution in [-0.2, 0) is 11.3 Å². The predicted octanol–water partition coefficient (Wildman–Crippen LogP) is 3.21. The first-order chi connectivity index (χ1) is 13.2. The number of aromatic hydroxyl groups is 1. The molecular weight excluding hydrogens is 346 g/mol. The van der Waals surface area contributed by atoms with Crippen molar-refractivity contribution in [1.29, 1.82) is 0 Å². The van der Waals surface area contributed by atoms with Crippen LogP contribution in [0.2, 0.25) is 0 Å². The summed E-state index contributed by atoms with van der Waals surface area (Å²) in [6.45, 7) is 3.43. The van der Waals surface area contributed by atoms with Crippen LogP contribution in [0.4, 0.5) is 0 Å². The Balaban J connectivity index is 1.76. The standard InChI is InChI=1S/C21H21NO5/c1-25-15-4-2-3-14(11-15)21(24)17-13-27-19-6-5-18(23)16(20(17)19)12-22-7-9-26-10-8-22/h2-6,11,13,23H,7-10,12H2,1H3. The average Bonchev–Trinajstić information content (AvgIpc) is 3.15. The Morgan fingerprint density at radius 1 is 1.22 bits per heavy atom. The van der Waals surface area contributed by atoms with Crippen LogP contribution >= 0.6 is 0 Å².